The Morgan fingerprint density at radius 3 is 2.36 bits per heavy atom. The first-order chi connectivity index (χ1) is 6.76. The van der Waals surface area contributed by atoms with E-state index in [1.165, 1.54) is 38.5 Å². The van der Waals surface area contributed by atoms with Crippen LogP contribution in [0.15, 0.2) is 0 Å². The Morgan fingerprint density at radius 2 is 1.93 bits per heavy atom. The van der Waals surface area contributed by atoms with Gasteiger partial charge in [0, 0.05) is 12.1 Å². The van der Waals surface area contributed by atoms with Crippen molar-refractivity contribution >= 4 is 0 Å². The molecule has 2 nitrogen and oxygen atoms in total. The van der Waals surface area contributed by atoms with Crippen molar-refractivity contribution in [1.29, 1.82) is 0 Å². The highest BCUT2D eigenvalue weighted by Crippen LogP contribution is 2.33. The molecular formula is C12H26N2. The van der Waals surface area contributed by atoms with Crippen molar-refractivity contribution in [3.05, 3.63) is 0 Å². The Bertz CT molecular complexity index is 148. The van der Waals surface area contributed by atoms with Gasteiger partial charge >= 0.3 is 0 Å². The van der Waals surface area contributed by atoms with Crippen molar-refractivity contribution in [3.63, 3.8) is 0 Å². The first kappa shape index (κ1) is 12.0. The maximum atomic E-state index is 5.88. The summed E-state index contributed by atoms with van der Waals surface area (Å²) in [5.41, 5.74) is 6.16. The molecule has 0 spiro atoms. The van der Waals surface area contributed by atoms with Crippen molar-refractivity contribution in [3.8, 4) is 0 Å². The zero-order chi connectivity index (χ0) is 10.4. The standard InChI is InChI=1S/C12H26N2/c1-3-5-11-6-8-12(10-13,9-7-11)14-4-2/h11,14H,3-10,13H2,1-2H3. The molecule has 0 aromatic rings. The topological polar surface area (TPSA) is 38.0 Å². The number of hydrogen-bond donors (Lipinski definition) is 2. The van der Waals surface area contributed by atoms with Crippen LogP contribution in [0, 0.1) is 5.92 Å². The summed E-state index contributed by atoms with van der Waals surface area (Å²) in [5, 5.41) is 3.59. The van der Waals surface area contributed by atoms with E-state index < -0.39 is 0 Å². The lowest BCUT2D eigenvalue weighted by Gasteiger charge is -2.40. The van der Waals surface area contributed by atoms with E-state index in [1.807, 2.05) is 0 Å². The maximum absolute atomic E-state index is 5.88. The third-order valence-corrected chi connectivity index (χ3v) is 3.70. The van der Waals surface area contributed by atoms with Crippen molar-refractivity contribution in [2.75, 3.05) is 13.1 Å². The van der Waals surface area contributed by atoms with Crippen LogP contribution in [-0.4, -0.2) is 18.6 Å². The number of nitrogens with one attached hydrogen (secondary N) is 1. The van der Waals surface area contributed by atoms with Gasteiger partial charge in [0.2, 0.25) is 0 Å². The summed E-state index contributed by atoms with van der Waals surface area (Å²) in [6.45, 7) is 6.32. The van der Waals surface area contributed by atoms with Crippen molar-refractivity contribution < 1.29 is 0 Å². The second-order valence-corrected chi connectivity index (χ2v) is 4.75. The van der Waals surface area contributed by atoms with E-state index in [4.69, 9.17) is 5.73 Å². The second kappa shape index (κ2) is 5.72. The fraction of sp³-hybridized carbons (Fsp3) is 1.00. The zero-order valence-corrected chi connectivity index (χ0v) is 9.81. The van der Waals surface area contributed by atoms with Gasteiger partial charge in [-0.1, -0.05) is 26.7 Å². The zero-order valence-electron chi connectivity index (χ0n) is 9.81. The van der Waals surface area contributed by atoms with Gasteiger partial charge in [0.1, 0.15) is 0 Å². The van der Waals surface area contributed by atoms with Gasteiger partial charge in [-0.2, -0.15) is 0 Å². The largest absolute Gasteiger partial charge is 0.329 e. The molecule has 1 aliphatic rings. The first-order valence-corrected chi connectivity index (χ1v) is 6.21. The predicted octanol–water partition coefficient (Wildman–Crippen LogP) is 2.28. The third kappa shape index (κ3) is 2.96. The van der Waals surface area contributed by atoms with Crippen LogP contribution in [0.5, 0.6) is 0 Å². The fourth-order valence-electron chi connectivity index (χ4n) is 2.76. The molecular weight excluding hydrogens is 172 g/mol. The molecule has 84 valence electrons. The summed E-state index contributed by atoms with van der Waals surface area (Å²) in [6, 6.07) is 0. The van der Waals surface area contributed by atoms with Gasteiger partial charge in [-0.3, -0.25) is 0 Å². The summed E-state index contributed by atoms with van der Waals surface area (Å²) >= 11 is 0. The Hall–Kier alpha value is -0.0800. The molecule has 0 unspecified atom stereocenters. The highest BCUT2D eigenvalue weighted by molar-refractivity contribution is 4.93. The SMILES string of the molecule is CCCC1CCC(CN)(NCC)CC1. The Kier molecular flexibility index (Phi) is 4.90. The van der Waals surface area contributed by atoms with E-state index in [0.717, 1.165) is 19.0 Å². The Labute approximate surface area is 88.6 Å². The molecule has 0 aromatic heterocycles. The van der Waals surface area contributed by atoms with Gasteiger partial charge in [0.05, 0.1) is 0 Å². The monoisotopic (exact) mass is 198 g/mol. The lowest BCUT2D eigenvalue weighted by molar-refractivity contribution is 0.190. The Morgan fingerprint density at radius 1 is 1.29 bits per heavy atom. The maximum Gasteiger partial charge on any atom is 0.0304 e. The van der Waals surface area contributed by atoms with Gasteiger partial charge in [0.25, 0.3) is 0 Å². The molecule has 0 atom stereocenters. The summed E-state index contributed by atoms with van der Waals surface area (Å²) in [5.74, 6) is 0.971. The molecule has 0 aliphatic heterocycles. The molecule has 1 fully saturated rings. The number of nitrogens with two attached hydrogens (primary N) is 1. The molecule has 14 heavy (non-hydrogen) atoms. The third-order valence-electron chi connectivity index (χ3n) is 3.70. The molecule has 3 N–H and O–H groups in total. The van der Waals surface area contributed by atoms with Gasteiger partial charge in [-0.25, -0.2) is 0 Å². The molecule has 1 saturated carbocycles. The van der Waals surface area contributed by atoms with Gasteiger partial charge in [-0.15, -0.1) is 0 Å². The average molecular weight is 198 g/mol. The van der Waals surface area contributed by atoms with Crippen molar-refractivity contribution in [2.45, 2.75) is 57.9 Å². The normalized spacial score (nSPS) is 33.2. The van der Waals surface area contributed by atoms with E-state index in [1.54, 1.807) is 0 Å². The van der Waals surface area contributed by atoms with Crippen LogP contribution in [-0.2, 0) is 0 Å². The minimum absolute atomic E-state index is 0.277. The molecule has 2 heteroatoms. The number of likely N-dealkylation sites (N-methyl/N-ethyl adjacent to an activating group) is 1. The summed E-state index contributed by atoms with van der Waals surface area (Å²) in [4.78, 5) is 0. The molecule has 0 saturated heterocycles. The molecule has 1 aliphatic carbocycles. The van der Waals surface area contributed by atoms with Crippen LogP contribution < -0.4 is 11.1 Å². The smallest absolute Gasteiger partial charge is 0.0304 e. The molecule has 0 bridgehead atoms. The quantitative estimate of drug-likeness (QED) is 0.711. The molecule has 0 aromatic carbocycles. The lowest BCUT2D eigenvalue weighted by Crippen LogP contribution is -2.53. The van der Waals surface area contributed by atoms with E-state index in [0.29, 0.717) is 0 Å². The van der Waals surface area contributed by atoms with E-state index in [2.05, 4.69) is 19.2 Å². The van der Waals surface area contributed by atoms with Crippen molar-refractivity contribution in [2.24, 2.45) is 11.7 Å². The van der Waals surface area contributed by atoms with Crippen LogP contribution in [0.2, 0.25) is 0 Å². The highest BCUT2D eigenvalue weighted by Gasteiger charge is 2.32. The fourth-order valence-corrected chi connectivity index (χ4v) is 2.76. The average Bonchev–Trinajstić information content (AvgIpc) is 2.22. The molecule has 1 rings (SSSR count). The lowest BCUT2D eigenvalue weighted by atomic mass is 9.75. The van der Waals surface area contributed by atoms with Crippen LogP contribution in [0.3, 0.4) is 0 Å². The molecule has 0 amide bonds. The van der Waals surface area contributed by atoms with Gasteiger partial charge < -0.3 is 11.1 Å². The summed E-state index contributed by atoms with van der Waals surface area (Å²) in [7, 11) is 0. The number of hydrogen-bond acceptors (Lipinski definition) is 2. The van der Waals surface area contributed by atoms with E-state index in [-0.39, 0.29) is 5.54 Å². The minimum Gasteiger partial charge on any atom is -0.329 e. The summed E-state index contributed by atoms with van der Waals surface area (Å²) < 4.78 is 0. The summed E-state index contributed by atoms with van der Waals surface area (Å²) in [6.07, 6.45) is 8.05. The minimum atomic E-state index is 0.277. The number of rotatable bonds is 5. The Balaban J connectivity index is 2.38. The van der Waals surface area contributed by atoms with Crippen molar-refractivity contribution in [1.82, 2.24) is 5.32 Å². The predicted molar refractivity (Wildman–Crippen MR) is 62.3 cm³/mol. The van der Waals surface area contributed by atoms with E-state index >= 15 is 0 Å². The molecule has 0 heterocycles. The van der Waals surface area contributed by atoms with Crippen LogP contribution in [0.1, 0.15) is 52.4 Å². The van der Waals surface area contributed by atoms with Gasteiger partial charge in [0.15, 0.2) is 0 Å². The second-order valence-electron chi connectivity index (χ2n) is 4.75. The first-order valence-electron chi connectivity index (χ1n) is 6.21. The highest BCUT2D eigenvalue weighted by atomic mass is 15.0. The van der Waals surface area contributed by atoms with E-state index in [9.17, 15) is 0 Å². The van der Waals surface area contributed by atoms with Crippen LogP contribution in [0.4, 0.5) is 0 Å². The van der Waals surface area contributed by atoms with Crippen LogP contribution in [0.25, 0.3) is 0 Å². The molecule has 0 radical (unpaired) electrons. The van der Waals surface area contributed by atoms with Crippen LogP contribution >= 0.6 is 0 Å². The van der Waals surface area contributed by atoms with Gasteiger partial charge in [-0.05, 0) is 38.1 Å².